The lowest BCUT2D eigenvalue weighted by atomic mass is 10.2. The van der Waals surface area contributed by atoms with E-state index in [0.29, 0.717) is 6.54 Å². The van der Waals surface area contributed by atoms with Crippen LogP contribution in [0, 0.1) is 0 Å². The second-order valence-electron chi connectivity index (χ2n) is 4.11. The van der Waals surface area contributed by atoms with E-state index in [1.807, 2.05) is 10.7 Å². The lowest BCUT2D eigenvalue weighted by molar-refractivity contribution is 0.474. The highest BCUT2D eigenvalue weighted by atomic mass is 16.3. The summed E-state index contributed by atoms with van der Waals surface area (Å²) >= 11 is 0. The molecule has 3 rings (SSSR count). The quantitative estimate of drug-likeness (QED) is 0.707. The number of aromatic nitrogens is 2. The smallest absolute Gasteiger partial charge is 0.117 e. The van der Waals surface area contributed by atoms with E-state index in [9.17, 15) is 5.11 Å². The zero-order chi connectivity index (χ0) is 11.8. The molecule has 17 heavy (non-hydrogen) atoms. The highest BCUT2D eigenvalue weighted by molar-refractivity contribution is 5.42. The van der Waals surface area contributed by atoms with Crippen molar-refractivity contribution < 1.29 is 5.11 Å². The van der Waals surface area contributed by atoms with Crippen molar-refractivity contribution in [2.45, 2.75) is 19.6 Å². The topological polar surface area (TPSA) is 76.1 Å². The lowest BCUT2D eigenvalue weighted by Crippen LogP contribution is -2.12. The van der Waals surface area contributed by atoms with E-state index in [4.69, 9.17) is 5.73 Å². The monoisotopic (exact) mass is 230 g/mol. The highest BCUT2D eigenvalue weighted by Crippen LogP contribution is 2.23. The van der Waals surface area contributed by atoms with Crippen molar-refractivity contribution in [1.82, 2.24) is 15.1 Å². The van der Waals surface area contributed by atoms with Crippen molar-refractivity contribution in [3.63, 3.8) is 0 Å². The Labute approximate surface area is 98.9 Å². The molecule has 5 nitrogen and oxygen atoms in total. The molecular weight excluding hydrogens is 216 g/mol. The Bertz CT molecular complexity index is 562. The molecule has 0 aliphatic carbocycles. The van der Waals surface area contributed by atoms with Crippen LogP contribution in [0.3, 0.4) is 0 Å². The SMILES string of the molecule is NCc1c2c(nn1-c1cccc(O)c1)CNC2. The minimum Gasteiger partial charge on any atom is -0.508 e. The molecule has 0 spiro atoms. The standard InChI is InChI=1S/C12H14N4O/c13-5-12-10-6-14-7-11(10)15-16(12)8-2-1-3-9(17)4-8/h1-4,14,17H,5-7,13H2. The predicted molar refractivity (Wildman–Crippen MR) is 63.7 cm³/mol. The molecule has 0 atom stereocenters. The summed E-state index contributed by atoms with van der Waals surface area (Å²) in [5, 5.41) is 17.3. The second-order valence-corrected chi connectivity index (χ2v) is 4.11. The number of hydrogen-bond donors (Lipinski definition) is 3. The molecule has 5 heteroatoms. The molecule has 0 fully saturated rings. The van der Waals surface area contributed by atoms with Gasteiger partial charge in [0.05, 0.1) is 17.1 Å². The Balaban J connectivity index is 2.15. The number of hydrogen-bond acceptors (Lipinski definition) is 4. The van der Waals surface area contributed by atoms with Crippen LogP contribution >= 0.6 is 0 Å². The largest absolute Gasteiger partial charge is 0.508 e. The molecule has 0 saturated carbocycles. The molecule has 88 valence electrons. The van der Waals surface area contributed by atoms with Gasteiger partial charge in [-0.05, 0) is 12.1 Å². The van der Waals surface area contributed by atoms with Gasteiger partial charge in [-0.25, -0.2) is 4.68 Å². The Morgan fingerprint density at radius 1 is 1.41 bits per heavy atom. The van der Waals surface area contributed by atoms with Gasteiger partial charge in [0.25, 0.3) is 0 Å². The van der Waals surface area contributed by atoms with Crippen molar-refractivity contribution in [3.8, 4) is 11.4 Å². The van der Waals surface area contributed by atoms with Crippen molar-refractivity contribution in [1.29, 1.82) is 0 Å². The lowest BCUT2D eigenvalue weighted by Gasteiger charge is -2.08. The molecule has 0 amide bonds. The van der Waals surface area contributed by atoms with E-state index in [-0.39, 0.29) is 5.75 Å². The van der Waals surface area contributed by atoms with E-state index in [1.54, 1.807) is 18.2 Å². The first-order valence-electron chi connectivity index (χ1n) is 5.59. The van der Waals surface area contributed by atoms with Gasteiger partial charge in [-0.1, -0.05) is 6.07 Å². The van der Waals surface area contributed by atoms with Crippen LogP contribution in [-0.2, 0) is 19.6 Å². The van der Waals surface area contributed by atoms with Crippen molar-refractivity contribution in [2.24, 2.45) is 5.73 Å². The van der Waals surface area contributed by atoms with Gasteiger partial charge in [-0.3, -0.25) is 0 Å². The van der Waals surface area contributed by atoms with E-state index in [2.05, 4.69) is 10.4 Å². The first-order valence-corrected chi connectivity index (χ1v) is 5.59. The normalized spacial score (nSPS) is 13.9. The number of fused-ring (bicyclic) bond motifs is 1. The number of phenolic OH excluding ortho intramolecular Hbond substituents is 1. The Hall–Kier alpha value is -1.85. The third kappa shape index (κ3) is 1.60. The maximum absolute atomic E-state index is 9.50. The van der Waals surface area contributed by atoms with Crippen LogP contribution < -0.4 is 11.1 Å². The highest BCUT2D eigenvalue weighted by Gasteiger charge is 2.21. The summed E-state index contributed by atoms with van der Waals surface area (Å²) in [5.41, 5.74) is 9.89. The van der Waals surface area contributed by atoms with Crippen LogP contribution in [0.5, 0.6) is 5.75 Å². The van der Waals surface area contributed by atoms with Crippen LogP contribution in [0.4, 0.5) is 0 Å². The summed E-state index contributed by atoms with van der Waals surface area (Å²) in [7, 11) is 0. The first kappa shape index (κ1) is 10.3. The van der Waals surface area contributed by atoms with Gasteiger partial charge in [0.15, 0.2) is 0 Å². The average molecular weight is 230 g/mol. The minimum absolute atomic E-state index is 0.235. The Kier molecular flexibility index (Phi) is 2.35. The maximum Gasteiger partial charge on any atom is 0.117 e. The summed E-state index contributed by atoms with van der Waals surface area (Å²) in [5.74, 6) is 0.235. The van der Waals surface area contributed by atoms with Crippen molar-refractivity contribution in [2.75, 3.05) is 0 Å². The van der Waals surface area contributed by atoms with Crippen LogP contribution in [0.2, 0.25) is 0 Å². The maximum atomic E-state index is 9.50. The molecule has 0 radical (unpaired) electrons. The molecular formula is C12H14N4O. The molecule has 0 bridgehead atoms. The zero-order valence-corrected chi connectivity index (χ0v) is 9.35. The fourth-order valence-corrected chi connectivity index (χ4v) is 2.24. The summed E-state index contributed by atoms with van der Waals surface area (Å²) in [6.45, 7) is 2.05. The number of nitrogens with zero attached hydrogens (tertiary/aromatic N) is 2. The third-order valence-corrected chi connectivity index (χ3v) is 3.03. The Morgan fingerprint density at radius 3 is 3.06 bits per heavy atom. The number of benzene rings is 1. The summed E-state index contributed by atoms with van der Waals surface area (Å²) in [6, 6.07) is 7.05. The van der Waals surface area contributed by atoms with Crippen molar-refractivity contribution >= 4 is 0 Å². The van der Waals surface area contributed by atoms with Crippen LogP contribution in [0.25, 0.3) is 5.69 Å². The third-order valence-electron chi connectivity index (χ3n) is 3.03. The average Bonchev–Trinajstić information content (AvgIpc) is 2.88. The fourth-order valence-electron chi connectivity index (χ4n) is 2.24. The minimum atomic E-state index is 0.235. The van der Waals surface area contributed by atoms with Crippen LogP contribution in [0.1, 0.15) is 17.0 Å². The van der Waals surface area contributed by atoms with Gasteiger partial charge in [0.2, 0.25) is 0 Å². The molecule has 1 aromatic heterocycles. The van der Waals surface area contributed by atoms with E-state index >= 15 is 0 Å². The molecule has 1 aromatic carbocycles. The number of aromatic hydroxyl groups is 1. The fraction of sp³-hybridized carbons (Fsp3) is 0.250. The number of rotatable bonds is 2. The van der Waals surface area contributed by atoms with Crippen LogP contribution in [0.15, 0.2) is 24.3 Å². The molecule has 0 saturated heterocycles. The van der Waals surface area contributed by atoms with Gasteiger partial charge in [0.1, 0.15) is 5.75 Å². The Morgan fingerprint density at radius 2 is 2.29 bits per heavy atom. The summed E-state index contributed by atoms with van der Waals surface area (Å²) < 4.78 is 1.82. The molecule has 4 N–H and O–H groups in total. The molecule has 2 aromatic rings. The second kappa shape index (κ2) is 3.87. The summed E-state index contributed by atoms with van der Waals surface area (Å²) in [4.78, 5) is 0. The molecule has 1 aliphatic rings. The van der Waals surface area contributed by atoms with Gasteiger partial charge in [0, 0.05) is 31.3 Å². The van der Waals surface area contributed by atoms with E-state index in [1.165, 1.54) is 5.56 Å². The number of nitrogens with two attached hydrogens (primary N) is 1. The molecule has 1 aliphatic heterocycles. The molecule has 0 unspecified atom stereocenters. The van der Waals surface area contributed by atoms with E-state index < -0.39 is 0 Å². The van der Waals surface area contributed by atoms with Gasteiger partial charge < -0.3 is 16.2 Å². The van der Waals surface area contributed by atoms with Gasteiger partial charge in [-0.15, -0.1) is 0 Å². The molecule has 2 heterocycles. The van der Waals surface area contributed by atoms with Crippen molar-refractivity contribution in [3.05, 3.63) is 41.2 Å². The van der Waals surface area contributed by atoms with E-state index in [0.717, 1.165) is 30.2 Å². The number of nitrogens with one attached hydrogen (secondary N) is 1. The van der Waals surface area contributed by atoms with Crippen LogP contribution in [-0.4, -0.2) is 14.9 Å². The first-order chi connectivity index (χ1) is 8.29. The van der Waals surface area contributed by atoms with Gasteiger partial charge >= 0.3 is 0 Å². The zero-order valence-electron chi connectivity index (χ0n) is 9.35. The number of phenols is 1. The van der Waals surface area contributed by atoms with Gasteiger partial charge in [-0.2, -0.15) is 5.10 Å². The summed E-state index contributed by atoms with van der Waals surface area (Å²) in [6.07, 6.45) is 0. The predicted octanol–water partition coefficient (Wildman–Crippen LogP) is 0.640.